The molecule has 3 heteroatoms. The topological polar surface area (TPSA) is 46.0 Å². The first-order valence-electron chi connectivity index (χ1n) is 4.34. The van der Waals surface area contributed by atoms with Gasteiger partial charge in [0, 0.05) is 6.20 Å². The largest absolute Gasteiger partial charge is 0.383 e. The average molecular weight is 180 g/mol. The highest BCUT2D eigenvalue weighted by molar-refractivity contribution is 5.12. The fourth-order valence-electron chi connectivity index (χ4n) is 0.963. The summed E-state index contributed by atoms with van der Waals surface area (Å²) in [5.41, 5.74) is -0.493. The van der Waals surface area contributed by atoms with Crippen LogP contribution in [0, 0.1) is 5.41 Å². The zero-order chi connectivity index (χ0) is 10.1. The number of hydrogen-bond donors (Lipinski definition) is 1. The van der Waals surface area contributed by atoms with Gasteiger partial charge in [0.1, 0.15) is 11.9 Å². The van der Waals surface area contributed by atoms with Crippen molar-refractivity contribution in [1.29, 1.82) is 0 Å². The van der Waals surface area contributed by atoms with Gasteiger partial charge in [0.15, 0.2) is 0 Å². The Bertz CT molecular complexity index is 275. The molecule has 0 saturated carbocycles. The zero-order valence-electron chi connectivity index (χ0n) is 8.57. The molecule has 1 heterocycles. The molecule has 0 radical (unpaired) electrons. The molecule has 0 aliphatic carbocycles. The molecular formula is C10H16N2O. The number of hydrogen-bond acceptors (Lipinski definition) is 3. The standard InChI is InChI=1S/C10H16N2O/c1-9(2,3)10(4,13)8-5-6-11-7-12-8/h5-7,13H,1-4H3. The van der Waals surface area contributed by atoms with Crippen LogP contribution >= 0.6 is 0 Å². The normalized spacial score (nSPS) is 16.7. The summed E-state index contributed by atoms with van der Waals surface area (Å²) in [6.45, 7) is 7.72. The van der Waals surface area contributed by atoms with Crippen LogP contribution in [0.3, 0.4) is 0 Å². The summed E-state index contributed by atoms with van der Waals surface area (Å²) in [6, 6.07) is 1.74. The highest BCUT2D eigenvalue weighted by Gasteiger charge is 2.37. The highest BCUT2D eigenvalue weighted by Crippen LogP contribution is 2.37. The van der Waals surface area contributed by atoms with Crippen LogP contribution in [0.2, 0.25) is 0 Å². The van der Waals surface area contributed by atoms with Crippen molar-refractivity contribution in [3.63, 3.8) is 0 Å². The maximum atomic E-state index is 10.2. The van der Waals surface area contributed by atoms with E-state index < -0.39 is 5.60 Å². The van der Waals surface area contributed by atoms with Crippen molar-refractivity contribution in [3.8, 4) is 0 Å². The molecule has 72 valence electrons. The van der Waals surface area contributed by atoms with Crippen LogP contribution in [0.15, 0.2) is 18.6 Å². The first-order valence-corrected chi connectivity index (χ1v) is 4.34. The summed E-state index contributed by atoms with van der Waals surface area (Å²) < 4.78 is 0. The van der Waals surface area contributed by atoms with E-state index in [1.807, 2.05) is 20.8 Å². The van der Waals surface area contributed by atoms with Crippen molar-refractivity contribution in [3.05, 3.63) is 24.3 Å². The Kier molecular flexibility index (Phi) is 2.39. The molecule has 13 heavy (non-hydrogen) atoms. The predicted octanol–water partition coefficient (Wildman–Crippen LogP) is 1.73. The highest BCUT2D eigenvalue weighted by atomic mass is 16.3. The lowest BCUT2D eigenvalue weighted by Crippen LogP contribution is -2.37. The third-order valence-electron chi connectivity index (χ3n) is 2.54. The smallest absolute Gasteiger partial charge is 0.115 e. The Hall–Kier alpha value is -0.960. The Balaban J connectivity index is 3.08. The van der Waals surface area contributed by atoms with Crippen molar-refractivity contribution in [1.82, 2.24) is 9.97 Å². The third-order valence-corrected chi connectivity index (χ3v) is 2.54. The molecule has 1 aromatic rings. The van der Waals surface area contributed by atoms with Gasteiger partial charge in [-0.1, -0.05) is 20.8 Å². The summed E-state index contributed by atoms with van der Waals surface area (Å²) in [6.07, 6.45) is 3.10. The van der Waals surface area contributed by atoms with Crippen molar-refractivity contribution in [2.75, 3.05) is 0 Å². The van der Waals surface area contributed by atoms with E-state index in [1.54, 1.807) is 19.2 Å². The van der Waals surface area contributed by atoms with Crippen LogP contribution in [-0.2, 0) is 5.60 Å². The van der Waals surface area contributed by atoms with E-state index in [9.17, 15) is 5.11 Å². The molecule has 0 saturated heterocycles. The van der Waals surface area contributed by atoms with E-state index in [-0.39, 0.29) is 5.41 Å². The van der Waals surface area contributed by atoms with Crippen molar-refractivity contribution in [2.45, 2.75) is 33.3 Å². The summed E-state index contributed by atoms with van der Waals surface area (Å²) >= 11 is 0. The molecule has 1 atom stereocenters. The summed E-state index contributed by atoms with van der Waals surface area (Å²) in [4.78, 5) is 7.87. The van der Waals surface area contributed by atoms with Gasteiger partial charge in [0.05, 0.1) is 5.69 Å². The summed E-state index contributed by atoms with van der Waals surface area (Å²) in [5, 5.41) is 10.2. The minimum atomic E-state index is -0.921. The first-order chi connectivity index (χ1) is 5.86. The Labute approximate surface area is 78.9 Å². The molecule has 0 amide bonds. The molecule has 1 aromatic heterocycles. The van der Waals surface area contributed by atoms with Gasteiger partial charge in [0.2, 0.25) is 0 Å². The van der Waals surface area contributed by atoms with Gasteiger partial charge in [-0.05, 0) is 18.4 Å². The van der Waals surface area contributed by atoms with Crippen LogP contribution in [0.1, 0.15) is 33.4 Å². The fourth-order valence-corrected chi connectivity index (χ4v) is 0.963. The Morgan fingerprint density at radius 2 is 1.85 bits per heavy atom. The summed E-state index contributed by atoms with van der Waals surface area (Å²) in [5.74, 6) is 0. The molecule has 1 unspecified atom stereocenters. The quantitative estimate of drug-likeness (QED) is 0.716. The van der Waals surface area contributed by atoms with Gasteiger partial charge in [-0.3, -0.25) is 0 Å². The van der Waals surface area contributed by atoms with Gasteiger partial charge in [0.25, 0.3) is 0 Å². The molecule has 0 fully saturated rings. The van der Waals surface area contributed by atoms with Gasteiger partial charge in [-0.2, -0.15) is 0 Å². The predicted molar refractivity (Wildman–Crippen MR) is 51.1 cm³/mol. The average Bonchev–Trinajstić information content (AvgIpc) is 2.04. The Morgan fingerprint density at radius 1 is 1.23 bits per heavy atom. The summed E-state index contributed by atoms with van der Waals surface area (Å²) in [7, 11) is 0. The molecule has 0 aliphatic rings. The molecule has 0 bridgehead atoms. The molecular weight excluding hydrogens is 164 g/mol. The minimum Gasteiger partial charge on any atom is -0.383 e. The Morgan fingerprint density at radius 3 is 2.23 bits per heavy atom. The van der Waals surface area contributed by atoms with Gasteiger partial charge >= 0.3 is 0 Å². The van der Waals surface area contributed by atoms with Crippen molar-refractivity contribution in [2.24, 2.45) is 5.41 Å². The first kappa shape index (κ1) is 10.1. The van der Waals surface area contributed by atoms with E-state index in [0.717, 1.165) is 0 Å². The van der Waals surface area contributed by atoms with E-state index in [2.05, 4.69) is 9.97 Å². The van der Waals surface area contributed by atoms with E-state index in [0.29, 0.717) is 5.69 Å². The van der Waals surface area contributed by atoms with Crippen molar-refractivity contribution >= 4 is 0 Å². The van der Waals surface area contributed by atoms with E-state index >= 15 is 0 Å². The maximum Gasteiger partial charge on any atom is 0.115 e. The van der Waals surface area contributed by atoms with Crippen molar-refractivity contribution < 1.29 is 5.11 Å². The fraction of sp³-hybridized carbons (Fsp3) is 0.600. The number of nitrogens with zero attached hydrogens (tertiary/aromatic N) is 2. The molecule has 1 N–H and O–H groups in total. The SMILES string of the molecule is CC(C)(C)C(C)(O)c1ccncn1. The lowest BCUT2D eigenvalue weighted by Gasteiger charge is -2.36. The molecule has 0 aromatic carbocycles. The number of aromatic nitrogens is 2. The lowest BCUT2D eigenvalue weighted by molar-refractivity contribution is -0.0507. The third kappa shape index (κ3) is 1.86. The zero-order valence-corrected chi connectivity index (χ0v) is 8.57. The van der Waals surface area contributed by atoms with Gasteiger partial charge in [-0.15, -0.1) is 0 Å². The second-order valence-electron chi connectivity index (χ2n) is 4.42. The minimum absolute atomic E-state index is 0.235. The molecule has 0 spiro atoms. The van der Waals surface area contributed by atoms with Crippen LogP contribution in [-0.4, -0.2) is 15.1 Å². The monoisotopic (exact) mass is 180 g/mol. The molecule has 0 aliphatic heterocycles. The van der Waals surface area contributed by atoms with Crippen LogP contribution in [0.25, 0.3) is 0 Å². The van der Waals surface area contributed by atoms with E-state index in [1.165, 1.54) is 6.33 Å². The van der Waals surface area contributed by atoms with E-state index in [4.69, 9.17) is 0 Å². The second kappa shape index (κ2) is 3.07. The van der Waals surface area contributed by atoms with Crippen LogP contribution in [0.5, 0.6) is 0 Å². The molecule has 1 rings (SSSR count). The number of aliphatic hydroxyl groups is 1. The van der Waals surface area contributed by atoms with Crippen LogP contribution < -0.4 is 0 Å². The molecule has 3 nitrogen and oxygen atoms in total. The van der Waals surface area contributed by atoms with Gasteiger partial charge in [-0.25, -0.2) is 9.97 Å². The van der Waals surface area contributed by atoms with Crippen LogP contribution in [0.4, 0.5) is 0 Å². The lowest BCUT2D eigenvalue weighted by atomic mass is 9.76. The maximum absolute atomic E-state index is 10.2. The number of rotatable bonds is 1. The van der Waals surface area contributed by atoms with Gasteiger partial charge < -0.3 is 5.11 Å². The second-order valence-corrected chi connectivity index (χ2v) is 4.42.